The molecule has 0 bridgehead atoms. The van der Waals surface area contributed by atoms with Gasteiger partial charge in [0.2, 0.25) is 0 Å². The Morgan fingerprint density at radius 3 is 2.80 bits per heavy atom. The average Bonchev–Trinajstić information content (AvgIpc) is 2.93. The van der Waals surface area contributed by atoms with E-state index >= 15 is 0 Å². The lowest BCUT2D eigenvalue weighted by atomic mass is 10.1. The van der Waals surface area contributed by atoms with Crippen LogP contribution in [0.25, 0.3) is 0 Å². The van der Waals surface area contributed by atoms with Crippen LogP contribution >= 0.6 is 11.3 Å². The molecule has 2 aromatic rings. The molecule has 1 aromatic heterocycles. The highest BCUT2D eigenvalue weighted by molar-refractivity contribution is 7.09. The zero-order valence-electron chi connectivity index (χ0n) is 12.3. The topological polar surface area (TPSA) is 38.5 Å². The van der Waals surface area contributed by atoms with Gasteiger partial charge in [-0.15, -0.1) is 11.3 Å². The van der Waals surface area contributed by atoms with Crippen LogP contribution in [-0.2, 0) is 13.0 Å². The van der Waals surface area contributed by atoms with Crippen molar-refractivity contribution >= 4 is 17.0 Å². The number of hydrogen-bond donors (Lipinski definition) is 1. The molecule has 1 heterocycles. The van der Waals surface area contributed by atoms with E-state index in [-0.39, 0.29) is 0 Å². The van der Waals surface area contributed by atoms with Gasteiger partial charge in [0.05, 0.1) is 7.11 Å². The van der Waals surface area contributed by atoms with Gasteiger partial charge in [-0.3, -0.25) is 4.90 Å². The Balaban J connectivity index is 2.01. The van der Waals surface area contributed by atoms with E-state index in [9.17, 15) is 0 Å². The van der Waals surface area contributed by atoms with Gasteiger partial charge >= 0.3 is 0 Å². The first-order valence-electron chi connectivity index (χ1n) is 6.75. The fraction of sp³-hybridized carbons (Fsp3) is 0.375. The van der Waals surface area contributed by atoms with Crippen LogP contribution in [0, 0.1) is 0 Å². The second-order valence-corrected chi connectivity index (χ2v) is 6.15. The summed E-state index contributed by atoms with van der Waals surface area (Å²) in [7, 11) is 3.83. The molecule has 1 atom stereocenters. The first-order chi connectivity index (χ1) is 9.60. The van der Waals surface area contributed by atoms with E-state index in [0.29, 0.717) is 6.04 Å². The number of methoxy groups -OCH3 is 1. The highest BCUT2D eigenvalue weighted by atomic mass is 32.1. The van der Waals surface area contributed by atoms with Gasteiger partial charge in [-0.2, -0.15) is 0 Å². The summed E-state index contributed by atoms with van der Waals surface area (Å²) in [5, 5.41) is 2.13. The SMILES string of the molecule is COc1cc(N)ccc1CN(C)C(C)Cc1cccs1. The highest BCUT2D eigenvalue weighted by Gasteiger charge is 2.13. The molecule has 20 heavy (non-hydrogen) atoms. The maximum atomic E-state index is 5.79. The summed E-state index contributed by atoms with van der Waals surface area (Å²) < 4.78 is 5.41. The molecule has 108 valence electrons. The van der Waals surface area contributed by atoms with E-state index in [4.69, 9.17) is 10.5 Å². The number of nitrogens with two attached hydrogens (primary N) is 1. The standard InChI is InChI=1S/C16H22N2OS/c1-12(9-15-5-4-8-20-15)18(2)11-13-6-7-14(17)10-16(13)19-3/h4-8,10,12H,9,11,17H2,1-3H3. The van der Waals surface area contributed by atoms with E-state index in [2.05, 4.69) is 36.4 Å². The third-order valence-electron chi connectivity index (χ3n) is 3.56. The summed E-state index contributed by atoms with van der Waals surface area (Å²) in [6.07, 6.45) is 1.07. The molecule has 0 saturated heterocycles. The number of hydrogen-bond acceptors (Lipinski definition) is 4. The van der Waals surface area contributed by atoms with Crippen molar-refractivity contribution in [2.75, 3.05) is 19.9 Å². The van der Waals surface area contributed by atoms with Gasteiger partial charge in [0, 0.05) is 34.8 Å². The molecular weight excluding hydrogens is 268 g/mol. The van der Waals surface area contributed by atoms with Gasteiger partial charge in [-0.25, -0.2) is 0 Å². The van der Waals surface area contributed by atoms with E-state index in [1.54, 1.807) is 7.11 Å². The van der Waals surface area contributed by atoms with Crippen molar-refractivity contribution in [3.63, 3.8) is 0 Å². The Hall–Kier alpha value is -1.52. The summed E-state index contributed by atoms with van der Waals surface area (Å²) >= 11 is 1.82. The minimum Gasteiger partial charge on any atom is -0.496 e. The highest BCUT2D eigenvalue weighted by Crippen LogP contribution is 2.24. The Morgan fingerprint density at radius 1 is 1.35 bits per heavy atom. The number of thiophene rings is 1. The molecule has 0 amide bonds. The second-order valence-electron chi connectivity index (χ2n) is 5.12. The number of nitrogen functional groups attached to an aromatic ring is 1. The molecular formula is C16H22N2OS. The third kappa shape index (κ3) is 3.74. The molecule has 2 N–H and O–H groups in total. The second kappa shape index (κ2) is 6.77. The van der Waals surface area contributed by atoms with Crippen molar-refractivity contribution in [2.24, 2.45) is 0 Å². The van der Waals surface area contributed by atoms with Crippen LogP contribution in [-0.4, -0.2) is 25.1 Å². The first-order valence-corrected chi connectivity index (χ1v) is 7.63. The number of ether oxygens (including phenoxy) is 1. The first kappa shape index (κ1) is 14.9. The Bertz CT molecular complexity index is 539. The lowest BCUT2D eigenvalue weighted by Crippen LogP contribution is -2.30. The van der Waals surface area contributed by atoms with Crippen LogP contribution in [0.3, 0.4) is 0 Å². The van der Waals surface area contributed by atoms with Crippen molar-refractivity contribution < 1.29 is 4.74 Å². The zero-order valence-corrected chi connectivity index (χ0v) is 13.1. The lowest BCUT2D eigenvalue weighted by molar-refractivity contribution is 0.245. The fourth-order valence-electron chi connectivity index (χ4n) is 2.19. The Morgan fingerprint density at radius 2 is 2.15 bits per heavy atom. The largest absolute Gasteiger partial charge is 0.496 e. The van der Waals surface area contributed by atoms with Crippen LogP contribution in [0.15, 0.2) is 35.7 Å². The van der Waals surface area contributed by atoms with Crippen LogP contribution < -0.4 is 10.5 Å². The fourth-order valence-corrected chi connectivity index (χ4v) is 3.02. The Kier molecular flexibility index (Phi) is 5.04. The molecule has 0 saturated carbocycles. The molecule has 3 nitrogen and oxygen atoms in total. The molecule has 1 aromatic carbocycles. The summed E-state index contributed by atoms with van der Waals surface area (Å²) in [6, 6.07) is 10.6. The van der Waals surface area contributed by atoms with E-state index in [0.717, 1.165) is 24.4 Å². The molecule has 0 radical (unpaired) electrons. The normalized spacial score (nSPS) is 12.6. The van der Waals surface area contributed by atoms with E-state index in [1.807, 2.05) is 29.5 Å². The Labute approximate surface area is 125 Å². The van der Waals surface area contributed by atoms with E-state index < -0.39 is 0 Å². The predicted octanol–water partition coefficient (Wildman–Crippen LogP) is 3.40. The van der Waals surface area contributed by atoms with Crippen molar-refractivity contribution in [3.05, 3.63) is 46.2 Å². The van der Waals surface area contributed by atoms with Gasteiger partial charge in [-0.1, -0.05) is 12.1 Å². The number of nitrogens with zero attached hydrogens (tertiary/aromatic N) is 1. The van der Waals surface area contributed by atoms with Gasteiger partial charge in [-0.05, 0) is 37.9 Å². The molecule has 0 fully saturated rings. The van der Waals surface area contributed by atoms with Crippen molar-refractivity contribution in [3.8, 4) is 5.75 Å². The van der Waals surface area contributed by atoms with Crippen molar-refractivity contribution in [2.45, 2.75) is 25.9 Å². The van der Waals surface area contributed by atoms with E-state index in [1.165, 1.54) is 10.4 Å². The summed E-state index contributed by atoms with van der Waals surface area (Å²) in [5.74, 6) is 0.861. The quantitative estimate of drug-likeness (QED) is 0.829. The molecule has 0 aliphatic heterocycles. The van der Waals surface area contributed by atoms with Crippen molar-refractivity contribution in [1.82, 2.24) is 4.90 Å². The van der Waals surface area contributed by atoms with Gasteiger partial charge in [0.1, 0.15) is 5.75 Å². The van der Waals surface area contributed by atoms with Gasteiger partial charge < -0.3 is 10.5 Å². The summed E-state index contributed by atoms with van der Waals surface area (Å²) in [4.78, 5) is 3.77. The zero-order chi connectivity index (χ0) is 14.5. The molecule has 2 rings (SSSR count). The predicted molar refractivity (Wildman–Crippen MR) is 86.4 cm³/mol. The van der Waals surface area contributed by atoms with Crippen LogP contribution in [0.2, 0.25) is 0 Å². The average molecular weight is 290 g/mol. The molecule has 1 unspecified atom stereocenters. The van der Waals surface area contributed by atoms with Crippen LogP contribution in [0.1, 0.15) is 17.4 Å². The monoisotopic (exact) mass is 290 g/mol. The number of benzene rings is 1. The smallest absolute Gasteiger partial charge is 0.125 e. The molecule has 0 aliphatic rings. The van der Waals surface area contributed by atoms with Gasteiger partial charge in [0.15, 0.2) is 0 Å². The van der Waals surface area contributed by atoms with Crippen molar-refractivity contribution in [1.29, 1.82) is 0 Å². The number of rotatable bonds is 6. The van der Waals surface area contributed by atoms with Gasteiger partial charge in [0.25, 0.3) is 0 Å². The van der Waals surface area contributed by atoms with Crippen LogP contribution in [0.4, 0.5) is 5.69 Å². The number of likely N-dealkylation sites (N-methyl/N-ethyl adjacent to an activating group) is 1. The maximum absolute atomic E-state index is 5.79. The summed E-state index contributed by atoms with van der Waals surface area (Å²) in [6.45, 7) is 3.11. The minimum absolute atomic E-state index is 0.482. The molecule has 0 spiro atoms. The maximum Gasteiger partial charge on any atom is 0.125 e. The lowest BCUT2D eigenvalue weighted by Gasteiger charge is -2.25. The molecule has 0 aliphatic carbocycles. The summed E-state index contributed by atoms with van der Waals surface area (Å²) in [5.41, 5.74) is 7.70. The minimum atomic E-state index is 0.482. The number of anilines is 1. The molecule has 4 heteroatoms. The van der Waals surface area contributed by atoms with Crippen LogP contribution in [0.5, 0.6) is 5.75 Å². The third-order valence-corrected chi connectivity index (χ3v) is 4.46.